The lowest BCUT2D eigenvalue weighted by Gasteiger charge is -2.16. The van der Waals surface area contributed by atoms with E-state index in [1.807, 2.05) is 18.2 Å². The highest BCUT2D eigenvalue weighted by Crippen LogP contribution is 2.33. The number of allylic oxidation sites excluding steroid dienone is 1. The molecule has 2 aromatic carbocycles. The number of rotatable bonds is 5. The predicted molar refractivity (Wildman–Crippen MR) is 95.8 cm³/mol. The molecule has 3 nitrogen and oxygen atoms in total. The van der Waals surface area contributed by atoms with E-state index >= 15 is 0 Å². The van der Waals surface area contributed by atoms with Gasteiger partial charge in [-0.25, -0.2) is 4.39 Å². The van der Waals surface area contributed by atoms with Gasteiger partial charge in [0, 0.05) is 5.56 Å². The fourth-order valence-electron chi connectivity index (χ4n) is 3.08. The first-order chi connectivity index (χ1) is 12.2. The van der Waals surface area contributed by atoms with Gasteiger partial charge in [-0.3, -0.25) is 0 Å². The van der Waals surface area contributed by atoms with Crippen molar-refractivity contribution in [2.24, 2.45) is 0 Å². The quantitative estimate of drug-likeness (QED) is 0.555. The summed E-state index contributed by atoms with van der Waals surface area (Å²) in [5, 5.41) is 9.42. The Morgan fingerprint density at radius 2 is 1.92 bits per heavy atom. The van der Waals surface area contributed by atoms with Crippen molar-refractivity contribution in [3.63, 3.8) is 0 Å². The van der Waals surface area contributed by atoms with Crippen LogP contribution in [0.2, 0.25) is 0 Å². The summed E-state index contributed by atoms with van der Waals surface area (Å²) in [4.78, 5) is 0. The maximum atomic E-state index is 14.0. The van der Waals surface area contributed by atoms with Gasteiger partial charge in [0.1, 0.15) is 5.82 Å². The lowest BCUT2D eigenvalue weighted by Crippen LogP contribution is -2.11. The largest absolute Gasteiger partial charge is 0.493 e. The topological polar surface area (TPSA) is 42.2 Å². The van der Waals surface area contributed by atoms with E-state index in [0.717, 1.165) is 18.4 Å². The van der Waals surface area contributed by atoms with Crippen LogP contribution in [0.25, 0.3) is 11.6 Å². The summed E-state index contributed by atoms with van der Waals surface area (Å²) >= 11 is 0. The van der Waals surface area contributed by atoms with Gasteiger partial charge < -0.3 is 9.47 Å². The minimum Gasteiger partial charge on any atom is -0.493 e. The second-order valence-electron chi connectivity index (χ2n) is 6.08. The number of hydrogen-bond donors (Lipinski definition) is 0. The van der Waals surface area contributed by atoms with E-state index in [4.69, 9.17) is 9.47 Å². The molecule has 0 N–H and O–H groups in total. The van der Waals surface area contributed by atoms with Gasteiger partial charge >= 0.3 is 0 Å². The van der Waals surface area contributed by atoms with E-state index in [1.54, 1.807) is 31.4 Å². The van der Waals surface area contributed by atoms with Crippen molar-refractivity contribution in [3.8, 4) is 17.6 Å². The molecule has 0 amide bonds. The molecule has 1 saturated carbocycles. The molecule has 0 bridgehead atoms. The molecule has 0 aliphatic heterocycles. The third kappa shape index (κ3) is 4.00. The van der Waals surface area contributed by atoms with Crippen LogP contribution in [0.4, 0.5) is 4.39 Å². The Morgan fingerprint density at radius 3 is 2.60 bits per heavy atom. The van der Waals surface area contributed by atoms with Crippen LogP contribution in [-0.2, 0) is 0 Å². The van der Waals surface area contributed by atoms with Crippen molar-refractivity contribution in [2.75, 3.05) is 7.11 Å². The summed E-state index contributed by atoms with van der Waals surface area (Å²) in [6.07, 6.45) is 6.31. The molecule has 3 rings (SSSR count). The maximum Gasteiger partial charge on any atom is 0.162 e. The van der Waals surface area contributed by atoms with Crippen molar-refractivity contribution < 1.29 is 13.9 Å². The summed E-state index contributed by atoms with van der Waals surface area (Å²) in [6.45, 7) is 0. The molecule has 0 atom stereocenters. The Labute approximate surface area is 147 Å². The summed E-state index contributed by atoms with van der Waals surface area (Å²) in [5.41, 5.74) is 1.34. The van der Waals surface area contributed by atoms with Crippen molar-refractivity contribution in [3.05, 3.63) is 59.4 Å². The van der Waals surface area contributed by atoms with E-state index < -0.39 is 5.82 Å². The number of benzene rings is 2. The first kappa shape index (κ1) is 17.0. The molecule has 128 valence electrons. The number of halogens is 1. The number of hydrogen-bond acceptors (Lipinski definition) is 3. The summed E-state index contributed by atoms with van der Waals surface area (Å²) in [6, 6.07) is 13.8. The zero-order valence-corrected chi connectivity index (χ0v) is 14.2. The Balaban J connectivity index is 1.93. The first-order valence-corrected chi connectivity index (χ1v) is 8.42. The molecule has 0 heterocycles. The highest BCUT2D eigenvalue weighted by Gasteiger charge is 2.18. The van der Waals surface area contributed by atoms with Crippen LogP contribution in [0.15, 0.2) is 42.5 Å². The van der Waals surface area contributed by atoms with Crippen molar-refractivity contribution in [1.29, 1.82) is 5.26 Å². The van der Waals surface area contributed by atoms with E-state index in [2.05, 4.69) is 6.07 Å². The third-order valence-corrected chi connectivity index (χ3v) is 4.38. The normalized spacial score (nSPS) is 15.0. The minimum atomic E-state index is -0.411. The van der Waals surface area contributed by atoms with Gasteiger partial charge in [0.05, 0.1) is 24.9 Å². The summed E-state index contributed by atoms with van der Waals surface area (Å²) in [5.74, 6) is 0.911. The number of nitrogens with zero attached hydrogens (tertiary/aromatic N) is 1. The average molecular weight is 337 g/mol. The second kappa shape index (κ2) is 7.85. The molecule has 25 heavy (non-hydrogen) atoms. The molecular weight excluding hydrogens is 317 g/mol. The lowest BCUT2D eigenvalue weighted by molar-refractivity contribution is 0.201. The monoisotopic (exact) mass is 337 g/mol. The van der Waals surface area contributed by atoms with E-state index in [9.17, 15) is 9.65 Å². The van der Waals surface area contributed by atoms with Crippen LogP contribution in [0.3, 0.4) is 0 Å². The van der Waals surface area contributed by atoms with Crippen molar-refractivity contribution in [1.82, 2.24) is 0 Å². The van der Waals surface area contributed by atoms with Crippen LogP contribution < -0.4 is 9.47 Å². The highest BCUT2D eigenvalue weighted by atomic mass is 19.1. The van der Waals surface area contributed by atoms with Gasteiger partial charge in [0.25, 0.3) is 0 Å². The second-order valence-corrected chi connectivity index (χ2v) is 6.08. The third-order valence-electron chi connectivity index (χ3n) is 4.38. The Bertz CT molecular complexity index is 817. The Kier molecular flexibility index (Phi) is 5.35. The lowest BCUT2D eigenvalue weighted by atomic mass is 10.0. The number of nitriles is 1. The smallest absolute Gasteiger partial charge is 0.162 e. The molecule has 1 fully saturated rings. The molecular formula is C21H20FNO2. The molecule has 1 aliphatic rings. The van der Waals surface area contributed by atoms with Crippen LogP contribution in [0.5, 0.6) is 11.5 Å². The Morgan fingerprint density at radius 1 is 1.16 bits per heavy atom. The van der Waals surface area contributed by atoms with Gasteiger partial charge in [-0.1, -0.05) is 24.3 Å². The average Bonchev–Trinajstić information content (AvgIpc) is 3.14. The van der Waals surface area contributed by atoms with Gasteiger partial charge in [0.15, 0.2) is 11.5 Å². The van der Waals surface area contributed by atoms with Crippen molar-refractivity contribution in [2.45, 2.75) is 31.8 Å². The van der Waals surface area contributed by atoms with Crippen LogP contribution >= 0.6 is 0 Å². The fraction of sp³-hybridized carbons (Fsp3) is 0.286. The van der Waals surface area contributed by atoms with Gasteiger partial charge in [-0.2, -0.15) is 5.26 Å². The molecule has 4 heteroatoms. The predicted octanol–water partition coefficient (Wildman–Crippen LogP) is 5.22. The van der Waals surface area contributed by atoms with Gasteiger partial charge in [0.2, 0.25) is 0 Å². The molecule has 0 spiro atoms. The molecule has 0 saturated heterocycles. The molecule has 0 aromatic heterocycles. The minimum absolute atomic E-state index is 0.204. The van der Waals surface area contributed by atoms with Gasteiger partial charge in [-0.15, -0.1) is 0 Å². The molecule has 2 aromatic rings. The van der Waals surface area contributed by atoms with Crippen LogP contribution in [0, 0.1) is 17.1 Å². The first-order valence-electron chi connectivity index (χ1n) is 8.42. The SMILES string of the molecule is COc1ccc(/C=C(\C#N)c2ccccc2F)cc1OC1CCCC1. The van der Waals surface area contributed by atoms with E-state index in [-0.39, 0.29) is 11.7 Å². The summed E-state index contributed by atoms with van der Waals surface area (Å²) in [7, 11) is 1.60. The zero-order valence-electron chi connectivity index (χ0n) is 14.2. The zero-order chi connectivity index (χ0) is 17.6. The molecule has 1 aliphatic carbocycles. The molecule has 0 unspecified atom stereocenters. The molecule has 0 radical (unpaired) electrons. The summed E-state index contributed by atoms with van der Waals surface area (Å²) < 4.78 is 25.4. The van der Waals surface area contributed by atoms with E-state index in [0.29, 0.717) is 17.1 Å². The highest BCUT2D eigenvalue weighted by molar-refractivity contribution is 5.90. The van der Waals surface area contributed by atoms with Crippen molar-refractivity contribution >= 4 is 11.6 Å². The Hall–Kier alpha value is -2.80. The van der Waals surface area contributed by atoms with Crippen LogP contribution in [-0.4, -0.2) is 13.2 Å². The maximum absolute atomic E-state index is 14.0. The standard InChI is InChI=1S/C21H20FNO2/c1-24-20-11-10-15(13-21(20)25-17-6-2-3-7-17)12-16(14-23)18-8-4-5-9-19(18)22/h4-5,8-13,17H,2-3,6-7H2,1H3/b16-12+. The fourth-order valence-corrected chi connectivity index (χ4v) is 3.08. The van der Waals surface area contributed by atoms with Gasteiger partial charge in [-0.05, 0) is 55.5 Å². The van der Waals surface area contributed by atoms with E-state index in [1.165, 1.54) is 18.9 Å². The van der Waals surface area contributed by atoms with Crippen LogP contribution in [0.1, 0.15) is 36.8 Å². The number of ether oxygens (including phenoxy) is 2. The number of methoxy groups -OCH3 is 1.